The van der Waals surface area contributed by atoms with E-state index in [0.717, 1.165) is 5.56 Å². The Morgan fingerprint density at radius 2 is 1.85 bits per heavy atom. The molecule has 0 unspecified atom stereocenters. The summed E-state index contributed by atoms with van der Waals surface area (Å²) in [5, 5.41) is 0. The highest BCUT2D eigenvalue weighted by Crippen LogP contribution is 2.33. The highest BCUT2D eigenvalue weighted by Gasteiger charge is 2.23. The van der Waals surface area contributed by atoms with Gasteiger partial charge in [-0.3, -0.25) is 9.59 Å². The molecule has 1 aliphatic rings. The lowest BCUT2D eigenvalue weighted by atomic mass is 10.1. The number of hydrogen-bond acceptors (Lipinski definition) is 5. The zero-order valence-electron chi connectivity index (χ0n) is 15.5. The molecule has 6 heteroatoms. The molecule has 1 amide bonds. The average molecular weight is 367 g/mol. The van der Waals surface area contributed by atoms with Crippen molar-refractivity contribution in [2.75, 3.05) is 32.3 Å². The van der Waals surface area contributed by atoms with Crippen molar-refractivity contribution in [3.05, 3.63) is 53.6 Å². The van der Waals surface area contributed by atoms with Gasteiger partial charge in [-0.15, -0.1) is 0 Å². The Kier molecular flexibility index (Phi) is 5.45. The minimum atomic E-state index is -0.185. The predicted molar refractivity (Wildman–Crippen MR) is 103 cm³/mol. The zero-order valence-corrected chi connectivity index (χ0v) is 15.5. The number of anilines is 1. The van der Waals surface area contributed by atoms with Gasteiger partial charge in [0.05, 0.1) is 26.5 Å². The monoisotopic (exact) mass is 367 g/mol. The third-order valence-electron chi connectivity index (χ3n) is 4.32. The van der Waals surface area contributed by atoms with Gasteiger partial charge in [-0.1, -0.05) is 6.07 Å². The molecule has 0 fully saturated rings. The van der Waals surface area contributed by atoms with Crippen LogP contribution in [0.15, 0.2) is 42.5 Å². The fourth-order valence-corrected chi connectivity index (χ4v) is 2.88. The molecule has 0 aromatic heterocycles. The molecule has 0 atom stereocenters. The van der Waals surface area contributed by atoms with E-state index in [4.69, 9.17) is 14.2 Å². The lowest BCUT2D eigenvalue weighted by molar-refractivity contribution is -0.114. The van der Waals surface area contributed by atoms with Gasteiger partial charge < -0.3 is 19.1 Å². The number of methoxy groups -OCH3 is 2. The van der Waals surface area contributed by atoms with Crippen molar-refractivity contribution < 1.29 is 23.8 Å². The quantitative estimate of drug-likeness (QED) is 0.599. The molecule has 0 N–H and O–H groups in total. The topological polar surface area (TPSA) is 65.1 Å². The summed E-state index contributed by atoms with van der Waals surface area (Å²) in [7, 11) is 3.13. The van der Waals surface area contributed by atoms with E-state index in [1.54, 1.807) is 55.5 Å². The molecule has 6 nitrogen and oxygen atoms in total. The smallest absolute Gasteiger partial charge is 0.251 e. The van der Waals surface area contributed by atoms with Gasteiger partial charge in [-0.05, 0) is 48.9 Å². The summed E-state index contributed by atoms with van der Waals surface area (Å²) in [6, 6.07) is 10.5. The van der Waals surface area contributed by atoms with Gasteiger partial charge in [0.2, 0.25) is 0 Å². The number of Topliss-reactive ketones (excluding diaryl/α,β-unsaturated/α-hetero) is 1. The average Bonchev–Trinajstić information content (AvgIpc) is 2.70. The number of carbonyl (C=O) groups excluding carboxylic acids is 2. The second-order valence-electron chi connectivity index (χ2n) is 6.02. The van der Waals surface area contributed by atoms with Crippen LogP contribution in [0.1, 0.15) is 22.8 Å². The van der Waals surface area contributed by atoms with Crippen LogP contribution in [-0.4, -0.2) is 39.1 Å². The Labute approximate surface area is 158 Å². The van der Waals surface area contributed by atoms with Gasteiger partial charge >= 0.3 is 0 Å². The number of ether oxygens (including phenoxy) is 3. The highest BCUT2D eigenvalue weighted by atomic mass is 16.5. The van der Waals surface area contributed by atoms with Crippen molar-refractivity contribution in [2.45, 2.75) is 6.92 Å². The number of carbonyl (C=O) groups is 2. The van der Waals surface area contributed by atoms with Crippen LogP contribution < -0.4 is 19.1 Å². The number of fused-ring (bicyclic) bond motifs is 1. The first kappa shape index (κ1) is 18.5. The standard InChI is InChI=1S/C21H21NO5/c1-14(23)16-6-8-18-17(13-16)22(10-11-27-18)21(24)9-5-15-4-7-19(25-2)20(12-15)26-3/h4-9,12-13H,10-11H2,1-3H3/b9-5+. The highest BCUT2D eigenvalue weighted by molar-refractivity contribution is 6.06. The normalized spacial score (nSPS) is 13.1. The van der Waals surface area contributed by atoms with Gasteiger partial charge in [-0.25, -0.2) is 0 Å². The summed E-state index contributed by atoms with van der Waals surface area (Å²) in [6.07, 6.45) is 3.21. The predicted octanol–water partition coefficient (Wildman–Crippen LogP) is 3.35. The molecular formula is C21H21NO5. The number of rotatable bonds is 5. The molecule has 1 heterocycles. The molecule has 0 radical (unpaired) electrons. The lowest BCUT2D eigenvalue weighted by Crippen LogP contribution is -2.37. The van der Waals surface area contributed by atoms with Crippen LogP contribution in [0.4, 0.5) is 5.69 Å². The van der Waals surface area contributed by atoms with Gasteiger partial charge in [0.25, 0.3) is 5.91 Å². The maximum Gasteiger partial charge on any atom is 0.251 e. The van der Waals surface area contributed by atoms with Crippen LogP contribution in [0, 0.1) is 0 Å². The zero-order chi connectivity index (χ0) is 19.4. The van der Waals surface area contributed by atoms with Crippen molar-refractivity contribution in [3.63, 3.8) is 0 Å². The number of ketones is 1. The Morgan fingerprint density at radius 1 is 1.07 bits per heavy atom. The van der Waals surface area contributed by atoms with Crippen LogP contribution in [0.3, 0.4) is 0 Å². The molecular weight excluding hydrogens is 346 g/mol. The van der Waals surface area contributed by atoms with E-state index in [-0.39, 0.29) is 11.7 Å². The Hall–Kier alpha value is -3.28. The SMILES string of the molecule is COc1ccc(/C=C/C(=O)N2CCOc3ccc(C(C)=O)cc32)cc1OC. The molecule has 2 aromatic carbocycles. The third-order valence-corrected chi connectivity index (χ3v) is 4.32. The molecule has 1 aliphatic heterocycles. The van der Waals surface area contributed by atoms with Crippen LogP contribution in [0.5, 0.6) is 17.2 Å². The summed E-state index contributed by atoms with van der Waals surface area (Å²) in [6.45, 7) is 2.32. The minimum Gasteiger partial charge on any atom is -0.493 e. The number of hydrogen-bond donors (Lipinski definition) is 0. The second-order valence-corrected chi connectivity index (χ2v) is 6.02. The largest absolute Gasteiger partial charge is 0.493 e. The third kappa shape index (κ3) is 3.95. The molecule has 0 bridgehead atoms. The molecule has 140 valence electrons. The van der Waals surface area contributed by atoms with Crippen LogP contribution >= 0.6 is 0 Å². The Bertz CT molecular complexity index is 903. The number of benzene rings is 2. The maximum atomic E-state index is 12.7. The summed E-state index contributed by atoms with van der Waals surface area (Å²) in [5.74, 6) is 1.57. The van der Waals surface area contributed by atoms with Crippen molar-refractivity contribution in [1.29, 1.82) is 0 Å². The first-order chi connectivity index (χ1) is 13.0. The van der Waals surface area contributed by atoms with Crippen molar-refractivity contribution in [1.82, 2.24) is 0 Å². The van der Waals surface area contributed by atoms with Crippen LogP contribution in [0.2, 0.25) is 0 Å². The first-order valence-electron chi connectivity index (χ1n) is 8.53. The molecule has 2 aromatic rings. The molecule has 0 aliphatic carbocycles. The number of amides is 1. The van der Waals surface area contributed by atoms with Crippen molar-refractivity contribution >= 4 is 23.5 Å². The van der Waals surface area contributed by atoms with Crippen molar-refractivity contribution in [3.8, 4) is 17.2 Å². The van der Waals surface area contributed by atoms with Gasteiger partial charge in [0.1, 0.15) is 12.4 Å². The van der Waals surface area contributed by atoms with Gasteiger partial charge in [0.15, 0.2) is 17.3 Å². The lowest BCUT2D eigenvalue weighted by Gasteiger charge is -2.29. The molecule has 0 saturated carbocycles. The van der Waals surface area contributed by atoms with Gasteiger partial charge in [0, 0.05) is 11.6 Å². The molecule has 3 rings (SSSR count). The van der Waals surface area contributed by atoms with Gasteiger partial charge in [-0.2, -0.15) is 0 Å². The van der Waals surface area contributed by atoms with Crippen molar-refractivity contribution in [2.24, 2.45) is 0 Å². The first-order valence-corrected chi connectivity index (χ1v) is 8.53. The summed E-state index contributed by atoms with van der Waals surface area (Å²) in [4.78, 5) is 26.0. The number of nitrogens with zero attached hydrogens (tertiary/aromatic N) is 1. The van der Waals surface area contributed by atoms with E-state index in [9.17, 15) is 9.59 Å². The summed E-state index contributed by atoms with van der Waals surface area (Å²) < 4.78 is 16.1. The fourth-order valence-electron chi connectivity index (χ4n) is 2.88. The van der Waals surface area contributed by atoms with E-state index in [0.29, 0.717) is 41.7 Å². The van der Waals surface area contributed by atoms with Crippen LogP contribution in [0.25, 0.3) is 6.08 Å². The summed E-state index contributed by atoms with van der Waals surface area (Å²) >= 11 is 0. The van der Waals surface area contributed by atoms with E-state index >= 15 is 0 Å². The Morgan fingerprint density at radius 3 is 2.56 bits per heavy atom. The van der Waals surface area contributed by atoms with E-state index in [1.807, 2.05) is 6.07 Å². The summed E-state index contributed by atoms with van der Waals surface area (Å²) in [5.41, 5.74) is 1.96. The maximum absolute atomic E-state index is 12.7. The van der Waals surface area contributed by atoms with Crippen LogP contribution in [-0.2, 0) is 4.79 Å². The van der Waals surface area contributed by atoms with E-state index in [2.05, 4.69) is 0 Å². The molecule has 27 heavy (non-hydrogen) atoms. The minimum absolute atomic E-state index is 0.0587. The second kappa shape index (κ2) is 7.95. The fraction of sp³-hybridized carbons (Fsp3) is 0.238. The van der Waals surface area contributed by atoms with E-state index in [1.165, 1.54) is 13.0 Å². The molecule has 0 saturated heterocycles. The molecule has 0 spiro atoms. The van der Waals surface area contributed by atoms with E-state index < -0.39 is 0 Å². The Balaban J connectivity index is 1.84.